The van der Waals surface area contributed by atoms with Crippen molar-refractivity contribution < 1.29 is 19.3 Å². The van der Waals surface area contributed by atoms with E-state index in [0.29, 0.717) is 0 Å². The Hall–Kier alpha value is -3.55. The molecule has 0 radical (unpaired) electrons. The number of carbonyl (C=O) groups excluding carboxylic acids is 3. The lowest BCUT2D eigenvalue weighted by atomic mass is 10.1. The van der Waals surface area contributed by atoms with Gasteiger partial charge in [0.2, 0.25) is 5.91 Å². The lowest BCUT2D eigenvalue weighted by Gasteiger charge is -2.13. The Labute approximate surface area is 135 Å². The highest BCUT2D eigenvalue weighted by Crippen LogP contribution is 2.24. The maximum atomic E-state index is 12.2. The third-order valence-corrected chi connectivity index (χ3v) is 3.55. The first-order chi connectivity index (χ1) is 11.5. The molecule has 0 unspecified atom stereocenters. The van der Waals surface area contributed by atoms with E-state index in [2.05, 4.69) is 5.32 Å². The number of benzene rings is 2. The van der Waals surface area contributed by atoms with Crippen LogP contribution in [0.4, 0.5) is 11.4 Å². The molecule has 0 fully saturated rings. The third kappa shape index (κ3) is 2.60. The molecule has 0 saturated carbocycles. The number of anilines is 1. The quantitative estimate of drug-likeness (QED) is 0.524. The lowest BCUT2D eigenvalue weighted by Crippen LogP contribution is -2.37. The van der Waals surface area contributed by atoms with E-state index in [4.69, 9.17) is 0 Å². The van der Waals surface area contributed by atoms with Crippen LogP contribution in [0.15, 0.2) is 48.5 Å². The number of fused-ring (bicyclic) bond motifs is 1. The van der Waals surface area contributed by atoms with Gasteiger partial charge >= 0.3 is 0 Å². The van der Waals surface area contributed by atoms with Gasteiger partial charge in [-0.1, -0.05) is 24.3 Å². The summed E-state index contributed by atoms with van der Waals surface area (Å²) in [5.41, 5.74) is 0.208. The summed E-state index contributed by atoms with van der Waals surface area (Å²) in [6, 6.07) is 11.9. The molecule has 0 aliphatic carbocycles. The number of carbonyl (C=O) groups is 3. The fourth-order valence-corrected chi connectivity index (χ4v) is 2.45. The van der Waals surface area contributed by atoms with E-state index < -0.39 is 29.2 Å². The number of hydrogen-bond donors (Lipinski definition) is 1. The number of nitrogens with zero attached hydrogens (tertiary/aromatic N) is 2. The van der Waals surface area contributed by atoms with Crippen molar-refractivity contribution in [2.75, 3.05) is 11.9 Å². The molecule has 0 bridgehead atoms. The Morgan fingerprint density at radius 1 is 1.00 bits per heavy atom. The topological polar surface area (TPSA) is 110 Å². The molecule has 0 spiro atoms. The minimum Gasteiger partial charge on any atom is -0.319 e. The molecule has 8 heteroatoms. The van der Waals surface area contributed by atoms with E-state index in [1.807, 2.05) is 0 Å². The van der Waals surface area contributed by atoms with Crippen LogP contribution in [-0.4, -0.2) is 34.1 Å². The SMILES string of the molecule is O=C(CN1C(=O)c2ccccc2C1=O)Nc1ccccc1[N+](=O)[O-]. The van der Waals surface area contributed by atoms with Gasteiger partial charge < -0.3 is 5.32 Å². The lowest BCUT2D eigenvalue weighted by molar-refractivity contribution is -0.383. The molecule has 0 saturated heterocycles. The molecule has 3 amide bonds. The third-order valence-electron chi connectivity index (χ3n) is 3.55. The van der Waals surface area contributed by atoms with Gasteiger partial charge in [0.1, 0.15) is 12.2 Å². The van der Waals surface area contributed by atoms with E-state index in [-0.39, 0.29) is 22.5 Å². The van der Waals surface area contributed by atoms with Crippen molar-refractivity contribution in [2.45, 2.75) is 0 Å². The second kappa shape index (κ2) is 5.92. The zero-order chi connectivity index (χ0) is 17.3. The number of nitro groups is 1. The molecule has 120 valence electrons. The standard InChI is InChI=1S/C16H11N3O5/c20-14(17-12-7-3-4-8-13(12)19(23)24)9-18-15(21)10-5-1-2-6-11(10)16(18)22/h1-8H,9H2,(H,17,20). The Morgan fingerprint density at radius 3 is 2.12 bits per heavy atom. The van der Waals surface area contributed by atoms with Crippen LogP contribution in [-0.2, 0) is 4.79 Å². The van der Waals surface area contributed by atoms with Crippen LogP contribution in [0.1, 0.15) is 20.7 Å². The molecule has 0 aromatic heterocycles. The molecule has 3 rings (SSSR count). The molecular weight excluding hydrogens is 314 g/mol. The first-order valence-electron chi connectivity index (χ1n) is 6.97. The van der Waals surface area contributed by atoms with E-state index in [1.54, 1.807) is 12.1 Å². The largest absolute Gasteiger partial charge is 0.319 e. The summed E-state index contributed by atoms with van der Waals surface area (Å²) in [5, 5.41) is 13.3. The Balaban J connectivity index is 1.77. The van der Waals surface area contributed by atoms with Crippen LogP contribution >= 0.6 is 0 Å². The summed E-state index contributed by atoms with van der Waals surface area (Å²) in [7, 11) is 0. The smallest absolute Gasteiger partial charge is 0.292 e. The van der Waals surface area contributed by atoms with Crippen molar-refractivity contribution in [2.24, 2.45) is 0 Å². The van der Waals surface area contributed by atoms with E-state index in [0.717, 1.165) is 4.90 Å². The Morgan fingerprint density at radius 2 is 1.54 bits per heavy atom. The molecule has 2 aromatic carbocycles. The normalized spacial score (nSPS) is 12.9. The van der Waals surface area contributed by atoms with Crippen LogP contribution in [0, 0.1) is 10.1 Å². The second-order valence-electron chi connectivity index (χ2n) is 5.06. The van der Waals surface area contributed by atoms with Gasteiger partial charge in [0.15, 0.2) is 0 Å². The van der Waals surface area contributed by atoms with Crippen molar-refractivity contribution in [3.8, 4) is 0 Å². The van der Waals surface area contributed by atoms with E-state index in [9.17, 15) is 24.5 Å². The summed E-state index contributed by atoms with van der Waals surface area (Å²) in [6.45, 7) is -0.515. The molecule has 1 aliphatic rings. The minimum atomic E-state index is -0.696. The van der Waals surface area contributed by atoms with Gasteiger partial charge in [-0.15, -0.1) is 0 Å². The van der Waals surface area contributed by atoms with Gasteiger partial charge in [-0.3, -0.25) is 29.4 Å². The fourth-order valence-electron chi connectivity index (χ4n) is 2.45. The maximum Gasteiger partial charge on any atom is 0.292 e. The maximum absolute atomic E-state index is 12.2. The van der Waals surface area contributed by atoms with Crippen molar-refractivity contribution in [3.63, 3.8) is 0 Å². The summed E-state index contributed by atoms with van der Waals surface area (Å²) in [6.07, 6.45) is 0. The van der Waals surface area contributed by atoms with Crippen LogP contribution in [0.3, 0.4) is 0 Å². The highest BCUT2D eigenvalue weighted by atomic mass is 16.6. The fraction of sp³-hybridized carbons (Fsp3) is 0.0625. The van der Waals surface area contributed by atoms with Crippen molar-refractivity contribution >= 4 is 29.1 Å². The van der Waals surface area contributed by atoms with Crippen LogP contribution in [0.25, 0.3) is 0 Å². The molecule has 1 heterocycles. The summed E-state index contributed by atoms with van der Waals surface area (Å²) >= 11 is 0. The van der Waals surface area contributed by atoms with Gasteiger partial charge in [0, 0.05) is 6.07 Å². The van der Waals surface area contributed by atoms with Gasteiger partial charge in [-0.2, -0.15) is 0 Å². The average molecular weight is 325 g/mol. The van der Waals surface area contributed by atoms with Gasteiger partial charge in [0.05, 0.1) is 16.1 Å². The first-order valence-corrected chi connectivity index (χ1v) is 6.97. The van der Waals surface area contributed by atoms with Crippen LogP contribution < -0.4 is 5.32 Å². The molecule has 1 N–H and O–H groups in total. The zero-order valence-electron chi connectivity index (χ0n) is 12.3. The number of imide groups is 1. The number of nitrogens with one attached hydrogen (secondary N) is 1. The van der Waals surface area contributed by atoms with Crippen molar-refractivity contribution in [3.05, 3.63) is 69.8 Å². The first kappa shape index (κ1) is 15.3. The second-order valence-corrected chi connectivity index (χ2v) is 5.06. The number of para-hydroxylation sites is 2. The zero-order valence-corrected chi connectivity index (χ0v) is 12.3. The van der Waals surface area contributed by atoms with E-state index in [1.165, 1.54) is 36.4 Å². The van der Waals surface area contributed by atoms with Gasteiger partial charge in [-0.25, -0.2) is 0 Å². The molecule has 8 nitrogen and oxygen atoms in total. The highest BCUT2D eigenvalue weighted by molar-refractivity contribution is 6.22. The molecule has 1 aliphatic heterocycles. The van der Waals surface area contributed by atoms with Gasteiger partial charge in [-0.05, 0) is 18.2 Å². The monoisotopic (exact) mass is 325 g/mol. The van der Waals surface area contributed by atoms with Crippen molar-refractivity contribution in [1.82, 2.24) is 4.90 Å². The minimum absolute atomic E-state index is 0.00380. The number of rotatable bonds is 4. The molecular formula is C16H11N3O5. The predicted octanol–water partition coefficient (Wildman–Crippen LogP) is 1.83. The Bertz CT molecular complexity index is 843. The number of amides is 3. The Kier molecular flexibility index (Phi) is 3.78. The van der Waals surface area contributed by atoms with E-state index >= 15 is 0 Å². The summed E-state index contributed by atoms with van der Waals surface area (Å²) in [5.74, 6) is -1.82. The summed E-state index contributed by atoms with van der Waals surface area (Å²) in [4.78, 5) is 47.6. The predicted molar refractivity (Wildman–Crippen MR) is 83.5 cm³/mol. The average Bonchev–Trinajstić information content (AvgIpc) is 2.80. The highest BCUT2D eigenvalue weighted by Gasteiger charge is 2.36. The van der Waals surface area contributed by atoms with Gasteiger partial charge in [0.25, 0.3) is 17.5 Å². The number of nitro benzene ring substituents is 1. The van der Waals surface area contributed by atoms with Crippen LogP contribution in [0.5, 0.6) is 0 Å². The molecule has 0 atom stereocenters. The summed E-state index contributed by atoms with van der Waals surface area (Å²) < 4.78 is 0. The van der Waals surface area contributed by atoms with Crippen LogP contribution in [0.2, 0.25) is 0 Å². The molecule has 2 aromatic rings. The van der Waals surface area contributed by atoms with Crippen molar-refractivity contribution in [1.29, 1.82) is 0 Å². The molecule has 24 heavy (non-hydrogen) atoms. The number of hydrogen-bond acceptors (Lipinski definition) is 5.